The second kappa shape index (κ2) is 6.33. The van der Waals surface area contributed by atoms with E-state index in [0.29, 0.717) is 11.3 Å². The van der Waals surface area contributed by atoms with Crippen molar-refractivity contribution >= 4 is 33.9 Å². The van der Waals surface area contributed by atoms with Gasteiger partial charge in [-0.15, -0.1) is 0 Å². The van der Waals surface area contributed by atoms with Gasteiger partial charge in [-0.25, -0.2) is 18.4 Å². The Morgan fingerprint density at radius 3 is 2.85 bits per heavy atom. The van der Waals surface area contributed by atoms with Crippen molar-refractivity contribution in [3.8, 4) is 17.3 Å². The maximum atomic E-state index is 12.1. The van der Waals surface area contributed by atoms with Gasteiger partial charge in [0.1, 0.15) is 11.9 Å². The van der Waals surface area contributed by atoms with E-state index >= 15 is 0 Å². The van der Waals surface area contributed by atoms with Gasteiger partial charge in [-0.05, 0) is 13.0 Å². The Balaban J connectivity index is 1.70. The summed E-state index contributed by atoms with van der Waals surface area (Å²) in [5, 5.41) is 14.5. The Hall–Kier alpha value is -2.42. The van der Waals surface area contributed by atoms with Crippen LogP contribution in [0, 0.1) is 11.3 Å². The molecule has 0 unspecified atom stereocenters. The van der Waals surface area contributed by atoms with E-state index in [-0.39, 0.29) is 25.3 Å². The Morgan fingerprint density at radius 1 is 1.37 bits per heavy atom. The number of fused-ring (bicyclic) bond motifs is 1. The van der Waals surface area contributed by atoms with Crippen LogP contribution in [0.1, 0.15) is 13.3 Å². The highest BCUT2D eigenvalue weighted by molar-refractivity contribution is 7.89. The van der Waals surface area contributed by atoms with Crippen LogP contribution in [0.4, 0.5) is 0 Å². The molecule has 0 N–H and O–H groups in total. The van der Waals surface area contributed by atoms with E-state index in [9.17, 15) is 13.7 Å². The molecule has 0 bridgehead atoms. The van der Waals surface area contributed by atoms with Crippen LogP contribution in [0.3, 0.4) is 0 Å². The van der Waals surface area contributed by atoms with Crippen molar-refractivity contribution < 1.29 is 8.42 Å². The van der Waals surface area contributed by atoms with Crippen LogP contribution in [-0.4, -0.2) is 55.3 Å². The number of nitriles is 1. The molecule has 0 spiro atoms. The Morgan fingerprint density at radius 2 is 2.15 bits per heavy atom. The third kappa shape index (κ3) is 2.80. The Labute approximate surface area is 161 Å². The van der Waals surface area contributed by atoms with Crippen LogP contribution in [0.15, 0.2) is 31.0 Å². The normalized spacial score (nSPS) is 16.9. The summed E-state index contributed by atoms with van der Waals surface area (Å²) in [6.45, 7) is 2.09. The van der Waals surface area contributed by atoms with Gasteiger partial charge >= 0.3 is 0 Å². The van der Waals surface area contributed by atoms with Gasteiger partial charge in [-0.2, -0.15) is 14.7 Å². The van der Waals surface area contributed by atoms with Gasteiger partial charge in [0.05, 0.1) is 30.1 Å². The van der Waals surface area contributed by atoms with Crippen LogP contribution >= 0.6 is 12.8 Å². The van der Waals surface area contributed by atoms with Crippen molar-refractivity contribution in [2.24, 2.45) is 0 Å². The summed E-state index contributed by atoms with van der Waals surface area (Å²) in [6, 6.07) is 4.03. The van der Waals surface area contributed by atoms with Gasteiger partial charge in [0.25, 0.3) is 0 Å². The lowest BCUT2D eigenvalue weighted by Crippen LogP contribution is -2.64. The molecule has 11 heteroatoms. The minimum absolute atomic E-state index is 0.0413. The van der Waals surface area contributed by atoms with Crippen LogP contribution in [0.25, 0.3) is 22.3 Å². The lowest BCUT2D eigenvalue weighted by atomic mass is 9.89. The van der Waals surface area contributed by atoms with Gasteiger partial charge < -0.3 is 0 Å². The summed E-state index contributed by atoms with van der Waals surface area (Å²) >= 11 is 4.32. The number of aromatic nitrogens is 5. The maximum absolute atomic E-state index is 12.1. The van der Waals surface area contributed by atoms with E-state index in [1.807, 2.05) is 12.3 Å². The molecule has 140 valence electrons. The summed E-state index contributed by atoms with van der Waals surface area (Å²) in [4.78, 5) is 8.58. The first kappa shape index (κ1) is 18.0. The molecule has 3 aromatic heterocycles. The van der Waals surface area contributed by atoms with E-state index < -0.39 is 15.6 Å². The fourth-order valence-electron chi connectivity index (χ4n) is 3.35. The molecule has 1 fully saturated rings. The molecular formula is C16H17N7O2S2. The maximum Gasteiger partial charge on any atom is 0.213 e. The number of hydrogen-bond donors (Lipinski definition) is 1. The summed E-state index contributed by atoms with van der Waals surface area (Å²) in [5.41, 5.74) is 1.52. The van der Waals surface area contributed by atoms with Gasteiger partial charge in [0.2, 0.25) is 10.0 Å². The molecule has 9 nitrogen and oxygen atoms in total. The Bertz CT molecular complexity index is 1150. The summed E-state index contributed by atoms with van der Waals surface area (Å²) in [7, 11) is -3.28. The first-order valence-corrected chi connectivity index (χ1v) is 10.3. The SMILES string of the molecule is CCS(=O)(=O)N1CC(CC#N)(n2cc(-c3ncnc4c3ccn4S)cn2)C1. The second-order valence-corrected chi connectivity index (χ2v) is 9.21. The second-order valence-electron chi connectivity index (χ2n) is 6.52. The van der Waals surface area contributed by atoms with Crippen molar-refractivity contribution in [2.75, 3.05) is 18.8 Å². The summed E-state index contributed by atoms with van der Waals surface area (Å²) < 4.78 is 28.8. The number of hydrogen-bond acceptors (Lipinski definition) is 7. The third-order valence-corrected chi connectivity index (χ3v) is 7.01. The van der Waals surface area contributed by atoms with E-state index in [0.717, 1.165) is 10.9 Å². The van der Waals surface area contributed by atoms with Gasteiger partial charge in [-0.3, -0.25) is 8.65 Å². The fourth-order valence-corrected chi connectivity index (χ4v) is 4.81. The van der Waals surface area contributed by atoms with Gasteiger partial charge in [0.15, 0.2) is 5.65 Å². The number of sulfonamides is 1. The minimum atomic E-state index is -3.28. The lowest BCUT2D eigenvalue weighted by molar-refractivity contribution is 0.0719. The number of thiol groups is 1. The molecule has 0 atom stereocenters. The van der Waals surface area contributed by atoms with Gasteiger partial charge in [0, 0.05) is 36.4 Å². The zero-order valence-corrected chi connectivity index (χ0v) is 16.2. The molecule has 0 amide bonds. The zero-order chi connectivity index (χ0) is 19.2. The van der Waals surface area contributed by atoms with Crippen molar-refractivity contribution in [1.29, 1.82) is 5.26 Å². The third-order valence-electron chi connectivity index (χ3n) is 4.91. The molecule has 0 radical (unpaired) electrons. The van der Waals surface area contributed by atoms with Crippen molar-refractivity contribution in [3.05, 3.63) is 31.0 Å². The summed E-state index contributed by atoms with van der Waals surface area (Å²) in [6.07, 6.45) is 6.91. The van der Waals surface area contributed by atoms with Crippen LogP contribution in [0.2, 0.25) is 0 Å². The molecule has 4 heterocycles. The van der Waals surface area contributed by atoms with E-state index in [1.54, 1.807) is 28.0 Å². The molecular weight excluding hydrogens is 386 g/mol. The minimum Gasteiger partial charge on any atom is -0.278 e. The van der Waals surface area contributed by atoms with E-state index in [2.05, 4.69) is 34.0 Å². The van der Waals surface area contributed by atoms with Gasteiger partial charge in [-0.1, -0.05) is 12.8 Å². The fraction of sp³-hybridized carbons (Fsp3) is 0.375. The van der Waals surface area contributed by atoms with Crippen molar-refractivity contribution in [3.63, 3.8) is 0 Å². The zero-order valence-electron chi connectivity index (χ0n) is 14.5. The molecule has 1 aliphatic rings. The van der Waals surface area contributed by atoms with Crippen LogP contribution in [0.5, 0.6) is 0 Å². The predicted octanol–water partition coefficient (Wildman–Crippen LogP) is 1.26. The standard InChI is InChI=1S/C16H17N7O2S2/c1-2-27(24,25)21-9-16(10-21,4-5-17)23-8-12(7-20-23)14-13-3-6-22(26)15(13)19-11-18-14/h3,6-8,11,26H,2,4,9-10H2,1H3. The number of rotatable bonds is 5. The van der Waals surface area contributed by atoms with Crippen molar-refractivity contribution in [1.82, 2.24) is 28.0 Å². The monoisotopic (exact) mass is 403 g/mol. The highest BCUT2D eigenvalue weighted by Gasteiger charge is 2.49. The molecule has 0 aromatic carbocycles. The molecule has 27 heavy (non-hydrogen) atoms. The Kier molecular flexibility index (Phi) is 4.21. The predicted molar refractivity (Wildman–Crippen MR) is 102 cm³/mol. The summed E-state index contributed by atoms with van der Waals surface area (Å²) in [5.74, 6) is 0.0413. The quantitative estimate of drug-likeness (QED) is 0.642. The first-order chi connectivity index (χ1) is 12.9. The molecule has 0 aliphatic carbocycles. The van der Waals surface area contributed by atoms with Crippen molar-refractivity contribution in [2.45, 2.75) is 18.9 Å². The topological polar surface area (TPSA) is 110 Å². The lowest BCUT2D eigenvalue weighted by Gasteiger charge is -2.47. The molecule has 3 aromatic rings. The first-order valence-electron chi connectivity index (χ1n) is 8.32. The van der Waals surface area contributed by atoms with E-state index in [4.69, 9.17) is 0 Å². The smallest absolute Gasteiger partial charge is 0.213 e. The highest BCUT2D eigenvalue weighted by atomic mass is 32.2. The van der Waals surface area contributed by atoms with E-state index in [1.165, 1.54) is 10.6 Å². The average Bonchev–Trinajstić information content (AvgIpc) is 3.25. The number of nitrogens with zero attached hydrogens (tertiary/aromatic N) is 7. The molecule has 4 rings (SSSR count). The largest absolute Gasteiger partial charge is 0.278 e. The average molecular weight is 403 g/mol. The van der Waals surface area contributed by atoms with Crippen LogP contribution < -0.4 is 0 Å². The molecule has 1 saturated heterocycles. The molecule has 1 aliphatic heterocycles. The highest BCUT2D eigenvalue weighted by Crippen LogP contribution is 2.36. The molecule has 0 saturated carbocycles. The van der Waals surface area contributed by atoms with Crippen LogP contribution in [-0.2, 0) is 15.6 Å².